The van der Waals surface area contributed by atoms with Crippen LogP contribution < -0.4 is 5.43 Å². The number of hydrogen-bond donors (Lipinski definition) is 0. The topological polar surface area (TPSA) is 30.2 Å². The van der Waals surface area contributed by atoms with Gasteiger partial charge in [-0.2, -0.15) is 0 Å². The zero-order chi connectivity index (χ0) is 20.9. The van der Waals surface area contributed by atoms with E-state index in [9.17, 15) is 4.79 Å². The van der Waals surface area contributed by atoms with Crippen LogP contribution in [-0.2, 0) is 0 Å². The summed E-state index contributed by atoms with van der Waals surface area (Å²) < 4.78 is 21.6. The molecular weight excluding hydrogens is 387 g/mol. The van der Waals surface area contributed by atoms with Gasteiger partial charge in [-0.3, -0.25) is 4.79 Å². The van der Waals surface area contributed by atoms with Crippen molar-refractivity contribution in [1.82, 2.24) is 0 Å². The van der Waals surface area contributed by atoms with Crippen LogP contribution in [0.5, 0.6) is 0 Å². The second kappa shape index (κ2) is 6.78. The minimum Gasteiger partial charge on any atom is -0.463 e. The molecule has 0 spiro atoms. The van der Waals surface area contributed by atoms with Crippen molar-refractivity contribution < 1.29 is 8.81 Å². The van der Waals surface area contributed by atoms with Crippen molar-refractivity contribution in [2.45, 2.75) is 5.92 Å². The molecule has 0 amide bonds. The van der Waals surface area contributed by atoms with E-state index in [0.29, 0.717) is 27.7 Å². The number of benzene rings is 4. The predicted octanol–water partition coefficient (Wildman–Crippen LogP) is 6.93. The minimum atomic E-state index is -0.522. The van der Waals surface area contributed by atoms with Crippen LogP contribution in [0.2, 0.25) is 0 Å². The second-order valence-corrected chi connectivity index (χ2v) is 7.80. The maximum atomic E-state index is 15.6. The van der Waals surface area contributed by atoms with E-state index in [1.807, 2.05) is 78.9 Å². The minimum absolute atomic E-state index is 0.130. The molecule has 3 heteroatoms. The molecular formula is C28H17FO2. The van der Waals surface area contributed by atoms with Gasteiger partial charge in [0.15, 0.2) is 5.43 Å². The highest BCUT2D eigenvalue weighted by Crippen LogP contribution is 2.50. The molecule has 0 fully saturated rings. The van der Waals surface area contributed by atoms with Crippen LogP contribution >= 0.6 is 0 Å². The van der Waals surface area contributed by atoms with E-state index in [1.54, 1.807) is 12.1 Å². The van der Waals surface area contributed by atoms with Crippen LogP contribution in [0.4, 0.5) is 4.39 Å². The third-order valence-corrected chi connectivity index (χ3v) is 6.12. The van der Waals surface area contributed by atoms with Gasteiger partial charge in [-0.05, 0) is 22.6 Å². The number of fused-ring (bicyclic) bond motifs is 4. The number of halogens is 1. The molecule has 1 atom stereocenters. The summed E-state index contributed by atoms with van der Waals surface area (Å²) in [5, 5.41) is 2.40. The highest BCUT2D eigenvalue weighted by molar-refractivity contribution is 6.04. The highest BCUT2D eigenvalue weighted by atomic mass is 19.1. The zero-order valence-corrected chi connectivity index (χ0v) is 16.5. The summed E-state index contributed by atoms with van der Waals surface area (Å²) >= 11 is 0. The molecule has 0 saturated carbocycles. The van der Waals surface area contributed by atoms with Crippen LogP contribution in [-0.4, -0.2) is 0 Å². The van der Waals surface area contributed by atoms with E-state index in [1.165, 1.54) is 6.26 Å². The molecule has 2 nitrogen and oxygen atoms in total. The van der Waals surface area contributed by atoms with Crippen molar-refractivity contribution in [2.24, 2.45) is 0 Å². The van der Waals surface area contributed by atoms with Gasteiger partial charge in [0.2, 0.25) is 0 Å². The lowest BCUT2D eigenvalue weighted by Gasteiger charge is -2.17. The van der Waals surface area contributed by atoms with Crippen molar-refractivity contribution >= 4 is 33.1 Å². The molecule has 1 heterocycles. The first kappa shape index (κ1) is 17.8. The lowest BCUT2D eigenvalue weighted by atomic mass is 9.85. The van der Waals surface area contributed by atoms with E-state index in [2.05, 4.69) is 0 Å². The highest BCUT2D eigenvalue weighted by Gasteiger charge is 2.35. The van der Waals surface area contributed by atoms with Crippen molar-refractivity contribution in [3.8, 4) is 0 Å². The van der Waals surface area contributed by atoms with Gasteiger partial charge in [0.05, 0.1) is 11.6 Å². The SMILES string of the molecule is O=c1c(C2C(c3ccccc3)=C(F)c3ccccc32)coc2c1ccc1ccccc12. The maximum Gasteiger partial charge on any atom is 0.196 e. The van der Waals surface area contributed by atoms with Gasteiger partial charge in [0, 0.05) is 28.0 Å². The number of allylic oxidation sites excluding steroid dienone is 1. The zero-order valence-electron chi connectivity index (χ0n) is 16.5. The van der Waals surface area contributed by atoms with Crippen LogP contribution in [0.3, 0.4) is 0 Å². The predicted molar refractivity (Wildman–Crippen MR) is 123 cm³/mol. The van der Waals surface area contributed by atoms with Crippen LogP contribution in [0.15, 0.2) is 106 Å². The molecule has 0 bridgehead atoms. The Bertz CT molecular complexity index is 1560. The molecule has 148 valence electrons. The Balaban J connectivity index is 1.65. The molecule has 0 aliphatic heterocycles. The maximum absolute atomic E-state index is 15.6. The average Bonchev–Trinajstić information content (AvgIpc) is 3.12. The summed E-state index contributed by atoms with van der Waals surface area (Å²) in [7, 11) is 0. The van der Waals surface area contributed by atoms with Crippen molar-refractivity contribution in [2.75, 3.05) is 0 Å². The summed E-state index contributed by atoms with van der Waals surface area (Å²) in [6.45, 7) is 0. The van der Waals surface area contributed by atoms with Crippen LogP contribution in [0.25, 0.3) is 33.1 Å². The molecule has 1 aliphatic rings. The van der Waals surface area contributed by atoms with E-state index < -0.39 is 5.92 Å². The van der Waals surface area contributed by atoms with E-state index in [-0.39, 0.29) is 11.3 Å². The number of hydrogen-bond acceptors (Lipinski definition) is 2. The van der Waals surface area contributed by atoms with Gasteiger partial charge in [0.25, 0.3) is 0 Å². The Morgan fingerprint density at radius 1 is 0.710 bits per heavy atom. The Labute approximate surface area is 177 Å². The Morgan fingerprint density at radius 2 is 1.45 bits per heavy atom. The normalized spacial score (nSPS) is 15.6. The first-order valence-corrected chi connectivity index (χ1v) is 10.2. The third-order valence-electron chi connectivity index (χ3n) is 6.12. The molecule has 1 aromatic heterocycles. The largest absolute Gasteiger partial charge is 0.463 e. The van der Waals surface area contributed by atoms with Crippen LogP contribution in [0.1, 0.15) is 28.2 Å². The molecule has 1 aliphatic carbocycles. The second-order valence-electron chi connectivity index (χ2n) is 7.80. The fourth-order valence-corrected chi connectivity index (χ4v) is 4.69. The molecule has 0 saturated heterocycles. The third kappa shape index (κ3) is 2.60. The smallest absolute Gasteiger partial charge is 0.196 e. The summed E-state index contributed by atoms with van der Waals surface area (Å²) in [5.74, 6) is -0.810. The average molecular weight is 404 g/mol. The molecule has 4 aromatic carbocycles. The molecule has 1 unspecified atom stereocenters. The molecule has 0 radical (unpaired) electrons. The van der Waals surface area contributed by atoms with Crippen LogP contribution in [0, 0.1) is 0 Å². The lowest BCUT2D eigenvalue weighted by Crippen LogP contribution is -2.14. The van der Waals surface area contributed by atoms with E-state index in [0.717, 1.165) is 21.9 Å². The van der Waals surface area contributed by atoms with Gasteiger partial charge in [-0.15, -0.1) is 0 Å². The van der Waals surface area contributed by atoms with Crippen molar-refractivity contribution in [3.05, 3.63) is 130 Å². The van der Waals surface area contributed by atoms with Crippen molar-refractivity contribution in [1.29, 1.82) is 0 Å². The van der Waals surface area contributed by atoms with E-state index >= 15 is 4.39 Å². The Kier molecular flexibility index (Phi) is 3.90. The van der Waals surface area contributed by atoms with E-state index in [4.69, 9.17) is 4.42 Å². The summed E-state index contributed by atoms with van der Waals surface area (Å²) in [6, 6.07) is 28.3. The number of rotatable bonds is 2. The summed E-state index contributed by atoms with van der Waals surface area (Å²) in [4.78, 5) is 13.6. The summed E-state index contributed by atoms with van der Waals surface area (Å²) in [6.07, 6.45) is 1.51. The first-order chi connectivity index (χ1) is 15.2. The van der Waals surface area contributed by atoms with Gasteiger partial charge in [-0.1, -0.05) is 84.9 Å². The fraction of sp³-hybridized carbons (Fsp3) is 0.0357. The monoisotopic (exact) mass is 404 g/mol. The Morgan fingerprint density at radius 3 is 2.32 bits per heavy atom. The molecule has 31 heavy (non-hydrogen) atoms. The van der Waals surface area contributed by atoms with Crippen molar-refractivity contribution in [3.63, 3.8) is 0 Å². The molecule has 6 rings (SSSR count). The van der Waals surface area contributed by atoms with Gasteiger partial charge in [0.1, 0.15) is 11.4 Å². The van der Waals surface area contributed by atoms with Gasteiger partial charge < -0.3 is 4.42 Å². The molecule has 5 aromatic rings. The standard InChI is InChI=1S/C28H17FO2/c29-26-21-13-7-6-12-20(21)25(24(26)18-9-2-1-3-10-18)23-16-31-28-19-11-5-4-8-17(19)14-15-22(28)27(23)30/h1-16,25H. The first-order valence-electron chi connectivity index (χ1n) is 10.2. The van der Waals surface area contributed by atoms with Gasteiger partial charge >= 0.3 is 0 Å². The van der Waals surface area contributed by atoms with Gasteiger partial charge in [-0.25, -0.2) is 4.39 Å². The Hall–Kier alpha value is -3.98. The summed E-state index contributed by atoms with van der Waals surface area (Å²) in [5.41, 5.74) is 3.46. The molecule has 0 N–H and O–H groups in total. The quantitative estimate of drug-likeness (QED) is 0.299. The lowest BCUT2D eigenvalue weighted by molar-refractivity contribution is 0.595. The fourth-order valence-electron chi connectivity index (χ4n) is 4.69.